The van der Waals surface area contributed by atoms with Gasteiger partial charge in [-0.3, -0.25) is 9.59 Å². The van der Waals surface area contributed by atoms with Crippen LogP contribution in [0.1, 0.15) is 29.0 Å². The van der Waals surface area contributed by atoms with Gasteiger partial charge in [0.1, 0.15) is 5.69 Å². The van der Waals surface area contributed by atoms with Gasteiger partial charge in [-0.2, -0.15) is 9.61 Å². The van der Waals surface area contributed by atoms with E-state index in [-0.39, 0.29) is 31.1 Å². The summed E-state index contributed by atoms with van der Waals surface area (Å²) in [6.07, 6.45) is 0.287. The number of ketones is 1. The molecule has 0 bridgehead atoms. The summed E-state index contributed by atoms with van der Waals surface area (Å²) in [4.78, 5) is 25.3. The van der Waals surface area contributed by atoms with E-state index in [1.165, 1.54) is 0 Å². The van der Waals surface area contributed by atoms with Gasteiger partial charge in [0, 0.05) is 18.4 Å². The van der Waals surface area contributed by atoms with Crippen molar-refractivity contribution in [2.75, 3.05) is 0 Å². The molecule has 0 radical (unpaired) electrons. The monoisotopic (exact) mass is 391 g/mol. The number of rotatable bonds is 7. The van der Waals surface area contributed by atoms with Crippen LogP contribution < -0.4 is 5.32 Å². The number of hydrogen-bond acceptors (Lipinski definition) is 6. The largest absolute Gasteiger partial charge is 0.349 e. The van der Waals surface area contributed by atoms with Crippen molar-refractivity contribution in [2.24, 2.45) is 0 Å². The molecule has 1 amide bonds. The number of carbonyl (C=O) groups is 2. The summed E-state index contributed by atoms with van der Waals surface area (Å²) >= 11 is 1.60. The molecule has 0 atom stereocenters. The lowest BCUT2D eigenvalue weighted by Crippen LogP contribution is -2.24. The minimum atomic E-state index is -0.213. The van der Waals surface area contributed by atoms with E-state index in [9.17, 15) is 9.59 Å². The second-order valence-electron chi connectivity index (χ2n) is 6.15. The molecule has 0 aliphatic rings. The number of amides is 1. The number of hydrogen-bond donors (Lipinski definition) is 1. The summed E-state index contributed by atoms with van der Waals surface area (Å²) in [5.41, 5.74) is 2.05. The van der Waals surface area contributed by atoms with E-state index in [4.69, 9.17) is 0 Å². The standard InChI is InChI=1S/C20H17N5O2S/c26-16(14-5-2-1-3-6-14)9-11-20(27)21-13-19-23-22-18-10-8-15(24-25(18)19)17-7-4-12-28-17/h1-8,10,12H,9,11,13H2,(H,21,27). The fourth-order valence-electron chi connectivity index (χ4n) is 2.76. The Morgan fingerprint density at radius 1 is 0.964 bits per heavy atom. The maximum Gasteiger partial charge on any atom is 0.220 e. The van der Waals surface area contributed by atoms with Crippen LogP contribution in [0.25, 0.3) is 16.2 Å². The van der Waals surface area contributed by atoms with Gasteiger partial charge in [0.2, 0.25) is 5.91 Å². The van der Waals surface area contributed by atoms with Crippen molar-refractivity contribution in [3.8, 4) is 10.6 Å². The fourth-order valence-corrected chi connectivity index (χ4v) is 3.45. The summed E-state index contributed by atoms with van der Waals surface area (Å²) in [6, 6.07) is 16.7. The Balaban J connectivity index is 1.38. The molecule has 7 nitrogen and oxygen atoms in total. The fraction of sp³-hybridized carbons (Fsp3) is 0.150. The molecule has 0 spiro atoms. The van der Waals surface area contributed by atoms with Gasteiger partial charge in [-0.25, -0.2) is 0 Å². The van der Waals surface area contributed by atoms with Crippen LogP contribution in [-0.2, 0) is 11.3 Å². The van der Waals surface area contributed by atoms with Crippen molar-refractivity contribution in [2.45, 2.75) is 19.4 Å². The third kappa shape index (κ3) is 3.96. The van der Waals surface area contributed by atoms with Crippen molar-refractivity contribution < 1.29 is 9.59 Å². The minimum Gasteiger partial charge on any atom is -0.349 e. The van der Waals surface area contributed by atoms with Crippen LogP contribution >= 0.6 is 11.3 Å². The van der Waals surface area contributed by atoms with Gasteiger partial charge < -0.3 is 5.32 Å². The molecule has 4 rings (SSSR count). The van der Waals surface area contributed by atoms with E-state index in [2.05, 4.69) is 20.6 Å². The molecule has 3 aromatic heterocycles. The smallest absolute Gasteiger partial charge is 0.220 e. The van der Waals surface area contributed by atoms with Crippen molar-refractivity contribution in [3.63, 3.8) is 0 Å². The SMILES string of the molecule is O=C(CCC(=O)c1ccccc1)NCc1nnc2ccc(-c3cccs3)nn12. The van der Waals surface area contributed by atoms with Crippen LogP contribution in [0.4, 0.5) is 0 Å². The number of nitrogens with one attached hydrogen (secondary N) is 1. The van der Waals surface area contributed by atoms with E-state index in [0.717, 1.165) is 10.6 Å². The average molecular weight is 391 g/mol. The lowest BCUT2D eigenvalue weighted by Gasteiger charge is -2.05. The van der Waals surface area contributed by atoms with Crippen molar-refractivity contribution in [3.05, 3.63) is 71.4 Å². The summed E-state index contributed by atoms with van der Waals surface area (Å²) in [5.74, 6) is 0.275. The molecule has 3 heterocycles. The molecule has 0 saturated carbocycles. The highest BCUT2D eigenvalue weighted by molar-refractivity contribution is 7.13. The van der Waals surface area contributed by atoms with Crippen LogP contribution in [0, 0.1) is 0 Å². The van der Waals surface area contributed by atoms with Gasteiger partial charge in [-0.1, -0.05) is 36.4 Å². The lowest BCUT2D eigenvalue weighted by atomic mass is 10.1. The normalized spacial score (nSPS) is 10.9. The van der Waals surface area contributed by atoms with Gasteiger partial charge in [-0.05, 0) is 23.6 Å². The molecule has 8 heteroatoms. The van der Waals surface area contributed by atoms with E-state index < -0.39 is 0 Å². The molecule has 140 valence electrons. The van der Waals surface area contributed by atoms with Gasteiger partial charge in [0.15, 0.2) is 17.3 Å². The molecule has 28 heavy (non-hydrogen) atoms. The molecule has 0 aliphatic heterocycles. The molecule has 4 aromatic rings. The van der Waals surface area contributed by atoms with Crippen LogP contribution in [0.2, 0.25) is 0 Å². The molecular weight excluding hydrogens is 374 g/mol. The first-order valence-corrected chi connectivity index (χ1v) is 9.69. The van der Waals surface area contributed by atoms with Crippen LogP contribution in [0.15, 0.2) is 60.0 Å². The predicted octanol–water partition coefficient (Wildman–Crippen LogP) is 3.13. The van der Waals surface area contributed by atoms with Gasteiger partial charge >= 0.3 is 0 Å². The first-order valence-electron chi connectivity index (χ1n) is 8.81. The maximum atomic E-state index is 12.1. The Morgan fingerprint density at radius 2 is 1.82 bits per heavy atom. The van der Waals surface area contributed by atoms with Crippen molar-refractivity contribution in [1.82, 2.24) is 25.1 Å². The van der Waals surface area contributed by atoms with Crippen LogP contribution in [0.3, 0.4) is 0 Å². The van der Waals surface area contributed by atoms with E-state index in [0.29, 0.717) is 17.0 Å². The number of aromatic nitrogens is 4. The summed E-state index contributed by atoms with van der Waals surface area (Å²) in [5, 5.41) is 17.5. The number of Topliss-reactive ketones (excluding diaryl/α,β-unsaturated/α-hetero) is 1. The zero-order valence-electron chi connectivity index (χ0n) is 14.9. The number of benzene rings is 1. The number of nitrogens with zero attached hydrogens (tertiary/aromatic N) is 4. The molecule has 0 saturated heterocycles. The molecule has 0 unspecified atom stereocenters. The molecule has 1 aromatic carbocycles. The van der Waals surface area contributed by atoms with Crippen LogP contribution in [-0.4, -0.2) is 31.5 Å². The highest BCUT2D eigenvalue weighted by Crippen LogP contribution is 2.22. The topological polar surface area (TPSA) is 89.2 Å². The molecule has 1 N–H and O–H groups in total. The molecule has 0 aliphatic carbocycles. The quantitative estimate of drug-likeness (QED) is 0.489. The third-order valence-corrected chi connectivity index (χ3v) is 5.11. The second kappa shape index (κ2) is 8.10. The average Bonchev–Trinajstić information content (AvgIpc) is 3.40. The molecule has 0 fully saturated rings. The number of fused-ring (bicyclic) bond motifs is 1. The molecular formula is C20H17N5O2S. The van der Waals surface area contributed by atoms with E-state index >= 15 is 0 Å². The zero-order chi connectivity index (χ0) is 19.3. The first-order chi connectivity index (χ1) is 13.7. The summed E-state index contributed by atoms with van der Waals surface area (Å²) < 4.78 is 1.63. The van der Waals surface area contributed by atoms with Crippen molar-refractivity contribution >= 4 is 28.7 Å². The zero-order valence-corrected chi connectivity index (χ0v) is 15.7. The van der Waals surface area contributed by atoms with Gasteiger partial charge in [0.25, 0.3) is 0 Å². The Hall–Kier alpha value is -3.39. The number of carbonyl (C=O) groups excluding carboxylic acids is 2. The number of thiophene rings is 1. The van der Waals surface area contributed by atoms with Crippen LogP contribution in [0.5, 0.6) is 0 Å². The Kier molecular flexibility index (Phi) is 5.20. The second-order valence-corrected chi connectivity index (χ2v) is 7.10. The lowest BCUT2D eigenvalue weighted by molar-refractivity contribution is -0.121. The maximum absolute atomic E-state index is 12.1. The third-order valence-electron chi connectivity index (χ3n) is 4.22. The summed E-state index contributed by atoms with van der Waals surface area (Å²) in [7, 11) is 0. The minimum absolute atomic E-state index is 0.0501. The van der Waals surface area contributed by atoms with Gasteiger partial charge in [-0.15, -0.1) is 21.5 Å². The van der Waals surface area contributed by atoms with Crippen molar-refractivity contribution in [1.29, 1.82) is 0 Å². The van der Waals surface area contributed by atoms with E-state index in [1.54, 1.807) is 40.1 Å². The highest BCUT2D eigenvalue weighted by Gasteiger charge is 2.12. The predicted molar refractivity (Wildman–Crippen MR) is 106 cm³/mol. The summed E-state index contributed by atoms with van der Waals surface area (Å²) in [6.45, 7) is 0.195. The highest BCUT2D eigenvalue weighted by atomic mass is 32.1. The Morgan fingerprint density at radius 3 is 2.61 bits per heavy atom. The van der Waals surface area contributed by atoms with E-state index in [1.807, 2.05) is 35.7 Å². The Labute approximate surface area is 165 Å². The van der Waals surface area contributed by atoms with Gasteiger partial charge in [0.05, 0.1) is 11.4 Å². The Bertz CT molecular complexity index is 1110. The first kappa shape index (κ1) is 18.0.